The molecule has 0 atom stereocenters. The van der Waals surface area contributed by atoms with Crippen LogP contribution < -0.4 is 5.84 Å². The number of ketones is 1. The van der Waals surface area contributed by atoms with Gasteiger partial charge in [0.05, 0.1) is 0 Å². The molecule has 0 fully saturated rings. The minimum Gasteiger partial charge on any atom is -0.335 e. The van der Waals surface area contributed by atoms with Crippen molar-refractivity contribution in [3.05, 3.63) is 41.5 Å². The number of nitrogens with zero attached hydrogens (tertiary/aromatic N) is 3. The summed E-state index contributed by atoms with van der Waals surface area (Å²) in [5.41, 5.74) is 0.387. The zero-order valence-corrected chi connectivity index (χ0v) is 12.5. The number of benzene rings is 1. The van der Waals surface area contributed by atoms with Crippen molar-refractivity contribution in [2.45, 2.75) is 24.2 Å². The second-order valence-electron chi connectivity index (χ2n) is 4.56. The van der Waals surface area contributed by atoms with Gasteiger partial charge in [-0.2, -0.15) is 13.2 Å². The van der Waals surface area contributed by atoms with E-state index in [1.165, 1.54) is 24.3 Å². The van der Waals surface area contributed by atoms with E-state index >= 15 is 0 Å². The van der Waals surface area contributed by atoms with Crippen LogP contribution in [0, 0.1) is 5.82 Å². The van der Waals surface area contributed by atoms with Gasteiger partial charge in [0.2, 0.25) is 5.16 Å². The highest BCUT2D eigenvalue weighted by Crippen LogP contribution is 2.29. The number of alkyl halides is 3. The Balaban J connectivity index is 1.83. The Kier molecular flexibility index (Phi) is 5.24. The van der Waals surface area contributed by atoms with Gasteiger partial charge in [0.15, 0.2) is 5.78 Å². The summed E-state index contributed by atoms with van der Waals surface area (Å²) in [7, 11) is 0. The predicted octanol–water partition coefficient (Wildman–Crippen LogP) is 2.91. The first kappa shape index (κ1) is 17.3. The normalized spacial score (nSPS) is 11.7. The van der Waals surface area contributed by atoms with Crippen LogP contribution in [0.3, 0.4) is 0 Å². The summed E-state index contributed by atoms with van der Waals surface area (Å²) in [5.74, 6) is 3.76. The van der Waals surface area contributed by atoms with E-state index in [0.717, 1.165) is 11.8 Å². The van der Waals surface area contributed by atoms with Gasteiger partial charge >= 0.3 is 6.18 Å². The molecule has 2 N–H and O–H groups in total. The maximum Gasteiger partial charge on any atom is 0.453 e. The monoisotopic (exact) mass is 348 g/mol. The fourth-order valence-electron chi connectivity index (χ4n) is 1.75. The molecule has 2 aromatic rings. The standard InChI is InChI=1S/C13H12F4N4OS/c14-9-5-3-8(4-6-9)10(22)2-1-7-23-12-20-19-11(21(12)18)13(15,16)17/h3-6H,1-2,7,18H2. The third kappa shape index (κ3) is 4.44. The van der Waals surface area contributed by atoms with E-state index in [2.05, 4.69) is 10.2 Å². The number of nitrogen functional groups attached to an aromatic ring is 1. The summed E-state index contributed by atoms with van der Waals surface area (Å²) in [6, 6.07) is 5.16. The topological polar surface area (TPSA) is 73.8 Å². The summed E-state index contributed by atoms with van der Waals surface area (Å²) in [4.78, 5) is 11.8. The molecule has 0 aliphatic carbocycles. The fourth-order valence-corrected chi connectivity index (χ4v) is 2.54. The highest BCUT2D eigenvalue weighted by Gasteiger charge is 2.38. The summed E-state index contributed by atoms with van der Waals surface area (Å²) in [5, 5.41) is 6.29. The third-order valence-electron chi connectivity index (χ3n) is 2.86. The quantitative estimate of drug-likeness (QED) is 0.286. The van der Waals surface area contributed by atoms with Crippen LogP contribution in [0.15, 0.2) is 29.4 Å². The summed E-state index contributed by atoms with van der Waals surface area (Å²) in [6.07, 6.45) is -4.07. The molecule has 0 unspecified atom stereocenters. The second kappa shape index (κ2) is 6.99. The lowest BCUT2D eigenvalue weighted by molar-refractivity contribution is -0.146. The van der Waals surface area contributed by atoms with Crippen molar-refractivity contribution in [1.29, 1.82) is 0 Å². The zero-order valence-electron chi connectivity index (χ0n) is 11.7. The summed E-state index contributed by atoms with van der Waals surface area (Å²) in [6.45, 7) is 0. The van der Waals surface area contributed by atoms with Crippen molar-refractivity contribution >= 4 is 17.5 Å². The number of aromatic nitrogens is 3. The minimum absolute atomic E-state index is 0.0773. The van der Waals surface area contributed by atoms with Gasteiger partial charge in [0, 0.05) is 17.7 Å². The maximum absolute atomic E-state index is 12.7. The molecule has 0 amide bonds. The average molecular weight is 348 g/mol. The van der Waals surface area contributed by atoms with Crippen molar-refractivity contribution in [3.8, 4) is 0 Å². The molecule has 0 saturated carbocycles. The number of rotatable bonds is 6. The van der Waals surface area contributed by atoms with Crippen LogP contribution in [0.2, 0.25) is 0 Å². The fraction of sp³-hybridized carbons (Fsp3) is 0.308. The Bertz CT molecular complexity index is 684. The number of halogens is 4. The SMILES string of the molecule is Nn1c(SCCCC(=O)c2ccc(F)cc2)nnc1C(F)(F)F. The number of carbonyl (C=O) groups is 1. The first-order valence-electron chi connectivity index (χ1n) is 6.48. The molecule has 0 aliphatic rings. The molecule has 1 heterocycles. The van der Waals surface area contributed by atoms with E-state index in [0.29, 0.717) is 22.4 Å². The first-order valence-corrected chi connectivity index (χ1v) is 7.47. The minimum atomic E-state index is -4.67. The highest BCUT2D eigenvalue weighted by molar-refractivity contribution is 7.99. The molecule has 23 heavy (non-hydrogen) atoms. The smallest absolute Gasteiger partial charge is 0.335 e. The number of nitrogens with two attached hydrogens (primary N) is 1. The summed E-state index contributed by atoms with van der Waals surface area (Å²) < 4.78 is 50.6. The molecule has 1 aromatic heterocycles. The van der Waals surface area contributed by atoms with Gasteiger partial charge in [-0.15, -0.1) is 10.2 Å². The summed E-state index contributed by atoms with van der Waals surface area (Å²) >= 11 is 0.976. The van der Waals surface area contributed by atoms with Gasteiger partial charge in [-0.25, -0.2) is 9.07 Å². The maximum atomic E-state index is 12.7. The molecule has 0 spiro atoms. The Labute approximate surface area is 132 Å². The van der Waals surface area contributed by atoms with Crippen LogP contribution in [0.1, 0.15) is 29.0 Å². The van der Waals surface area contributed by atoms with Crippen LogP contribution >= 0.6 is 11.8 Å². The lowest BCUT2D eigenvalue weighted by Crippen LogP contribution is -2.21. The van der Waals surface area contributed by atoms with Crippen molar-refractivity contribution in [2.24, 2.45) is 0 Å². The molecule has 10 heteroatoms. The number of hydrogen-bond acceptors (Lipinski definition) is 5. The number of thioether (sulfide) groups is 1. The Hall–Kier alpha value is -2.10. The molecule has 0 aliphatic heterocycles. The van der Waals surface area contributed by atoms with Gasteiger partial charge < -0.3 is 5.84 Å². The third-order valence-corrected chi connectivity index (χ3v) is 3.89. The first-order chi connectivity index (χ1) is 10.8. The van der Waals surface area contributed by atoms with E-state index in [4.69, 9.17) is 5.84 Å². The number of Topliss-reactive ketones (excluding diaryl/α,β-unsaturated/α-hetero) is 1. The molecule has 5 nitrogen and oxygen atoms in total. The molecular formula is C13H12F4N4OS. The van der Waals surface area contributed by atoms with Gasteiger partial charge in [0.25, 0.3) is 5.82 Å². The van der Waals surface area contributed by atoms with Crippen molar-refractivity contribution in [2.75, 3.05) is 11.6 Å². The van der Waals surface area contributed by atoms with Crippen LogP contribution in [-0.4, -0.2) is 26.4 Å². The molecule has 0 bridgehead atoms. The zero-order chi connectivity index (χ0) is 17.0. The lowest BCUT2D eigenvalue weighted by Gasteiger charge is -2.06. The van der Waals surface area contributed by atoms with Crippen molar-refractivity contribution in [3.63, 3.8) is 0 Å². The molecule has 124 valence electrons. The Morgan fingerprint density at radius 3 is 2.43 bits per heavy atom. The number of carbonyl (C=O) groups excluding carboxylic acids is 1. The predicted molar refractivity (Wildman–Crippen MR) is 75.9 cm³/mol. The van der Waals surface area contributed by atoms with E-state index in [-0.39, 0.29) is 17.4 Å². The lowest BCUT2D eigenvalue weighted by atomic mass is 10.1. The van der Waals surface area contributed by atoms with E-state index in [1.54, 1.807) is 0 Å². The van der Waals surface area contributed by atoms with Crippen LogP contribution in [0.4, 0.5) is 17.6 Å². The average Bonchev–Trinajstić information content (AvgIpc) is 2.85. The Morgan fingerprint density at radius 2 is 1.87 bits per heavy atom. The molecule has 0 saturated heterocycles. The van der Waals surface area contributed by atoms with Crippen molar-refractivity contribution in [1.82, 2.24) is 14.9 Å². The van der Waals surface area contributed by atoms with Gasteiger partial charge in [-0.1, -0.05) is 11.8 Å². The van der Waals surface area contributed by atoms with E-state index < -0.39 is 17.8 Å². The molecule has 0 radical (unpaired) electrons. The van der Waals surface area contributed by atoms with Crippen LogP contribution in [0.25, 0.3) is 0 Å². The van der Waals surface area contributed by atoms with E-state index in [1.807, 2.05) is 0 Å². The van der Waals surface area contributed by atoms with Gasteiger partial charge in [-0.05, 0) is 30.7 Å². The largest absolute Gasteiger partial charge is 0.453 e. The highest BCUT2D eigenvalue weighted by atomic mass is 32.2. The van der Waals surface area contributed by atoms with Gasteiger partial charge in [0.1, 0.15) is 5.82 Å². The molecule has 2 rings (SSSR count). The second-order valence-corrected chi connectivity index (χ2v) is 5.62. The van der Waals surface area contributed by atoms with E-state index in [9.17, 15) is 22.4 Å². The van der Waals surface area contributed by atoms with Crippen molar-refractivity contribution < 1.29 is 22.4 Å². The Morgan fingerprint density at radius 1 is 1.22 bits per heavy atom. The number of hydrogen-bond donors (Lipinski definition) is 1. The molecule has 1 aromatic carbocycles. The van der Waals surface area contributed by atoms with Crippen LogP contribution in [-0.2, 0) is 6.18 Å². The van der Waals surface area contributed by atoms with Gasteiger partial charge in [-0.3, -0.25) is 4.79 Å². The van der Waals surface area contributed by atoms with Crippen LogP contribution in [0.5, 0.6) is 0 Å². The molecular weight excluding hydrogens is 336 g/mol.